The second-order valence-corrected chi connectivity index (χ2v) is 6.24. The number of hydrogen-bond donors (Lipinski definition) is 1. The van der Waals surface area contributed by atoms with Crippen LogP contribution >= 0.6 is 11.8 Å². The van der Waals surface area contributed by atoms with Crippen LogP contribution in [0.5, 0.6) is 0 Å². The fraction of sp³-hybridized carbons (Fsp3) is 0.571. The Bertz CT molecular complexity index is 434. The first-order valence-corrected chi connectivity index (χ1v) is 7.96. The van der Waals surface area contributed by atoms with Gasteiger partial charge in [0.2, 0.25) is 5.91 Å². The summed E-state index contributed by atoms with van der Waals surface area (Å²) in [4.78, 5) is 18.6. The van der Waals surface area contributed by atoms with Gasteiger partial charge in [-0.3, -0.25) is 15.1 Å². The molecule has 2 aliphatic heterocycles. The first-order valence-electron chi connectivity index (χ1n) is 6.91. The molecule has 1 N–H and O–H groups in total. The Morgan fingerprint density at radius 1 is 1.37 bits per heavy atom. The van der Waals surface area contributed by atoms with E-state index >= 15 is 0 Å². The van der Waals surface area contributed by atoms with Crippen molar-refractivity contribution in [2.24, 2.45) is 0 Å². The molecule has 2 atom stereocenters. The van der Waals surface area contributed by atoms with Crippen molar-refractivity contribution < 1.29 is 4.79 Å². The third-order valence-corrected chi connectivity index (χ3v) is 5.00. The minimum absolute atomic E-state index is 0.0340. The maximum Gasteiger partial charge on any atom is 0.240 e. The molecule has 0 aliphatic carbocycles. The Labute approximate surface area is 118 Å². The van der Waals surface area contributed by atoms with Gasteiger partial charge in [-0.25, -0.2) is 0 Å². The fourth-order valence-corrected chi connectivity index (χ4v) is 3.89. The number of hydrogen-bond acceptors (Lipinski definition) is 4. The topological polar surface area (TPSA) is 45.2 Å². The molecule has 0 aromatic carbocycles. The van der Waals surface area contributed by atoms with E-state index in [0.29, 0.717) is 0 Å². The van der Waals surface area contributed by atoms with Crippen LogP contribution in [0.1, 0.15) is 30.2 Å². The number of piperidine rings is 1. The largest absolute Gasteiger partial charge is 0.341 e. The van der Waals surface area contributed by atoms with Crippen molar-refractivity contribution in [2.75, 3.05) is 18.8 Å². The number of carbonyl (C=O) groups is 1. The Morgan fingerprint density at radius 2 is 2.21 bits per heavy atom. The lowest BCUT2D eigenvalue weighted by molar-refractivity contribution is -0.133. The molecule has 3 heterocycles. The molecule has 102 valence electrons. The molecule has 0 spiro atoms. The normalized spacial score (nSPS) is 27.5. The van der Waals surface area contributed by atoms with E-state index in [9.17, 15) is 4.79 Å². The van der Waals surface area contributed by atoms with Crippen molar-refractivity contribution in [1.82, 2.24) is 15.2 Å². The molecular formula is C14H19N3OS. The number of carbonyl (C=O) groups excluding carboxylic acids is 1. The molecule has 19 heavy (non-hydrogen) atoms. The second-order valence-electron chi connectivity index (χ2n) is 5.10. The van der Waals surface area contributed by atoms with Crippen molar-refractivity contribution in [3.05, 3.63) is 30.1 Å². The van der Waals surface area contributed by atoms with E-state index in [0.717, 1.165) is 37.2 Å². The van der Waals surface area contributed by atoms with Gasteiger partial charge in [-0.2, -0.15) is 0 Å². The summed E-state index contributed by atoms with van der Waals surface area (Å²) in [6, 6.07) is 3.97. The molecule has 0 saturated carbocycles. The summed E-state index contributed by atoms with van der Waals surface area (Å²) in [6.07, 6.45) is 7.21. The summed E-state index contributed by atoms with van der Waals surface area (Å²) in [6.45, 7) is 1.86. The number of likely N-dealkylation sites (tertiary alicyclic amines) is 1. The quantitative estimate of drug-likeness (QED) is 0.895. The van der Waals surface area contributed by atoms with E-state index in [1.807, 2.05) is 17.2 Å². The number of aromatic nitrogens is 1. The van der Waals surface area contributed by atoms with Crippen LogP contribution in [0, 0.1) is 0 Å². The van der Waals surface area contributed by atoms with Crippen LogP contribution in [0.3, 0.4) is 0 Å². The van der Waals surface area contributed by atoms with Gasteiger partial charge in [0.25, 0.3) is 0 Å². The Kier molecular flexibility index (Phi) is 4.03. The highest BCUT2D eigenvalue weighted by Crippen LogP contribution is 2.32. The van der Waals surface area contributed by atoms with E-state index in [1.165, 1.54) is 6.42 Å². The molecule has 1 amide bonds. The van der Waals surface area contributed by atoms with Crippen LogP contribution in [-0.2, 0) is 4.79 Å². The third-order valence-electron chi connectivity index (χ3n) is 3.74. The predicted octanol–water partition coefficient (Wildman–Crippen LogP) is 1.80. The maximum absolute atomic E-state index is 12.4. The van der Waals surface area contributed by atoms with E-state index < -0.39 is 0 Å². The van der Waals surface area contributed by atoms with Crippen LogP contribution in [0.15, 0.2) is 24.5 Å². The monoisotopic (exact) mass is 277 g/mol. The molecule has 0 bridgehead atoms. The SMILES string of the molecule is O=C([C@@H]1CSC(c2cccnc2)N1)N1CCCCC1. The highest BCUT2D eigenvalue weighted by atomic mass is 32.2. The lowest BCUT2D eigenvalue weighted by Gasteiger charge is -2.29. The molecule has 1 unspecified atom stereocenters. The molecule has 5 heteroatoms. The average molecular weight is 277 g/mol. The van der Waals surface area contributed by atoms with Gasteiger partial charge >= 0.3 is 0 Å². The summed E-state index contributed by atoms with van der Waals surface area (Å²) in [7, 11) is 0. The van der Waals surface area contributed by atoms with E-state index in [2.05, 4.69) is 16.4 Å². The summed E-state index contributed by atoms with van der Waals surface area (Å²) in [5, 5.41) is 3.64. The van der Waals surface area contributed by atoms with Crippen molar-refractivity contribution in [3.8, 4) is 0 Å². The maximum atomic E-state index is 12.4. The van der Waals surface area contributed by atoms with Gasteiger partial charge in [0, 0.05) is 31.2 Å². The van der Waals surface area contributed by atoms with Crippen molar-refractivity contribution in [2.45, 2.75) is 30.7 Å². The molecule has 4 nitrogen and oxygen atoms in total. The summed E-state index contributed by atoms with van der Waals surface area (Å²) in [5.74, 6) is 1.13. The lowest BCUT2D eigenvalue weighted by atomic mass is 10.1. The molecule has 1 aromatic heterocycles. The van der Waals surface area contributed by atoms with E-state index in [-0.39, 0.29) is 17.3 Å². The first-order chi connectivity index (χ1) is 9.34. The Hall–Kier alpha value is -1.07. The molecule has 3 rings (SSSR count). The zero-order chi connectivity index (χ0) is 13.1. The molecule has 2 fully saturated rings. The van der Waals surface area contributed by atoms with Crippen LogP contribution in [0.4, 0.5) is 0 Å². The molecule has 1 aromatic rings. The number of nitrogens with one attached hydrogen (secondary N) is 1. The highest BCUT2D eigenvalue weighted by Gasteiger charge is 2.33. The first kappa shape index (κ1) is 12.9. The lowest BCUT2D eigenvalue weighted by Crippen LogP contribution is -2.47. The minimum atomic E-state index is -0.0340. The van der Waals surface area contributed by atoms with Gasteiger partial charge in [-0.05, 0) is 30.9 Å². The van der Waals surface area contributed by atoms with Gasteiger partial charge in [-0.15, -0.1) is 11.8 Å². The zero-order valence-electron chi connectivity index (χ0n) is 10.9. The highest BCUT2D eigenvalue weighted by molar-refractivity contribution is 7.99. The number of rotatable bonds is 2. The summed E-state index contributed by atoms with van der Waals surface area (Å²) >= 11 is 1.80. The predicted molar refractivity (Wildman–Crippen MR) is 76.8 cm³/mol. The van der Waals surface area contributed by atoms with Crippen LogP contribution < -0.4 is 5.32 Å². The minimum Gasteiger partial charge on any atom is -0.341 e. The number of pyridine rings is 1. The fourth-order valence-electron chi connectivity index (χ4n) is 2.67. The molecular weight excluding hydrogens is 258 g/mol. The molecule has 2 aliphatic rings. The molecule has 0 radical (unpaired) electrons. The Morgan fingerprint density at radius 3 is 2.95 bits per heavy atom. The van der Waals surface area contributed by atoms with Gasteiger partial charge in [0.1, 0.15) is 0 Å². The van der Waals surface area contributed by atoms with Gasteiger partial charge in [-0.1, -0.05) is 6.07 Å². The van der Waals surface area contributed by atoms with E-state index in [1.54, 1.807) is 18.0 Å². The van der Waals surface area contributed by atoms with E-state index in [4.69, 9.17) is 0 Å². The number of thioether (sulfide) groups is 1. The Balaban J connectivity index is 1.61. The smallest absolute Gasteiger partial charge is 0.240 e. The van der Waals surface area contributed by atoms with Crippen molar-refractivity contribution in [1.29, 1.82) is 0 Å². The van der Waals surface area contributed by atoms with Crippen molar-refractivity contribution >= 4 is 17.7 Å². The van der Waals surface area contributed by atoms with Crippen molar-refractivity contribution in [3.63, 3.8) is 0 Å². The van der Waals surface area contributed by atoms with Crippen LogP contribution in [0.2, 0.25) is 0 Å². The third kappa shape index (κ3) is 2.92. The van der Waals surface area contributed by atoms with Gasteiger partial charge < -0.3 is 4.90 Å². The van der Waals surface area contributed by atoms with Gasteiger partial charge in [0.15, 0.2) is 0 Å². The number of amides is 1. The van der Waals surface area contributed by atoms with Crippen LogP contribution in [-0.4, -0.2) is 40.7 Å². The summed E-state index contributed by atoms with van der Waals surface area (Å²) < 4.78 is 0. The van der Waals surface area contributed by atoms with Gasteiger partial charge in [0.05, 0.1) is 11.4 Å². The average Bonchev–Trinajstić information content (AvgIpc) is 2.98. The second kappa shape index (κ2) is 5.92. The van der Waals surface area contributed by atoms with Crippen LogP contribution in [0.25, 0.3) is 0 Å². The zero-order valence-corrected chi connectivity index (χ0v) is 11.7. The number of nitrogens with zero attached hydrogens (tertiary/aromatic N) is 2. The standard InChI is InChI=1S/C14H19N3OS/c18-14(17-7-2-1-3-8-17)12-10-19-13(16-12)11-5-4-6-15-9-11/h4-6,9,12-13,16H,1-3,7-8,10H2/t12-,13?/m0/s1. The summed E-state index contributed by atoms with van der Waals surface area (Å²) in [5.41, 5.74) is 1.15. The molecule has 2 saturated heterocycles.